The lowest BCUT2D eigenvalue weighted by molar-refractivity contribution is 0.0933. The molecule has 0 unspecified atom stereocenters. The molecule has 1 atom stereocenters. The van der Waals surface area contributed by atoms with E-state index in [2.05, 4.69) is 10.3 Å². The Hall–Kier alpha value is -3.73. The number of aromatic nitrogens is 1. The van der Waals surface area contributed by atoms with Crippen LogP contribution in [0.3, 0.4) is 0 Å². The highest BCUT2D eigenvalue weighted by atomic mass is 19.1. The number of hydrogen-bond donors (Lipinski definition) is 1. The van der Waals surface area contributed by atoms with Crippen LogP contribution in [-0.4, -0.2) is 23.5 Å². The van der Waals surface area contributed by atoms with Gasteiger partial charge in [0.2, 0.25) is 0 Å². The number of halogens is 1. The van der Waals surface area contributed by atoms with Crippen LogP contribution >= 0.6 is 0 Å². The van der Waals surface area contributed by atoms with E-state index in [9.17, 15) is 9.18 Å². The molecule has 1 aliphatic heterocycles. The Labute approximate surface area is 173 Å². The van der Waals surface area contributed by atoms with E-state index < -0.39 is 5.82 Å². The highest BCUT2D eigenvalue weighted by Gasteiger charge is 2.27. The van der Waals surface area contributed by atoms with E-state index in [1.165, 1.54) is 6.07 Å². The molecule has 4 aromatic rings. The number of carbonyl (C=O) groups is 1. The Morgan fingerprint density at radius 1 is 1.03 bits per heavy atom. The number of fused-ring (bicyclic) bond motifs is 2. The largest absolute Gasteiger partial charge is 0.485 e. The third-order valence-electron chi connectivity index (χ3n) is 5.35. The fourth-order valence-electron chi connectivity index (χ4n) is 3.84. The number of carbonyl (C=O) groups excluding carboxylic acids is 1. The molecule has 5 rings (SSSR count). The molecule has 0 radical (unpaired) electrons. The van der Waals surface area contributed by atoms with Gasteiger partial charge in [0.25, 0.3) is 5.91 Å². The monoisotopic (exact) mass is 398 g/mol. The first-order chi connectivity index (χ1) is 14.7. The standard InChI is InChI=1S/C25H19FN2O2/c26-23-13-20(19-6-3-9-27-14-19)11-21-12-22(30-24(21)23)15-28-25(29)18-8-7-16-4-1-2-5-17(16)10-18/h1-11,13-14,22H,12,15H2,(H,28,29)/t22-/m1/s1. The van der Waals surface area contributed by atoms with Crippen molar-refractivity contribution in [1.82, 2.24) is 10.3 Å². The van der Waals surface area contributed by atoms with Crippen LogP contribution in [0.4, 0.5) is 4.39 Å². The highest BCUT2D eigenvalue weighted by molar-refractivity contribution is 5.98. The summed E-state index contributed by atoms with van der Waals surface area (Å²) < 4.78 is 20.4. The van der Waals surface area contributed by atoms with Crippen LogP contribution in [0, 0.1) is 5.82 Å². The number of benzene rings is 3. The summed E-state index contributed by atoms with van der Waals surface area (Å²) in [5, 5.41) is 5.01. The number of rotatable bonds is 4. The van der Waals surface area contributed by atoms with Crippen molar-refractivity contribution in [2.45, 2.75) is 12.5 Å². The molecule has 3 aromatic carbocycles. The van der Waals surface area contributed by atoms with Gasteiger partial charge >= 0.3 is 0 Å². The second-order valence-electron chi connectivity index (χ2n) is 7.40. The van der Waals surface area contributed by atoms with Crippen LogP contribution in [0.1, 0.15) is 15.9 Å². The third-order valence-corrected chi connectivity index (χ3v) is 5.35. The number of amides is 1. The van der Waals surface area contributed by atoms with Gasteiger partial charge in [-0.3, -0.25) is 9.78 Å². The van der Waals surface area contributed by atoms with Gasteiger partial charge in [-0.25, -0.2) is 4.39 Å². The van der Waals surface area contributed by atoms with Crippen molar-refractivity contribution in [3.8, 4) is 16.9 Å². The SMILES string of the molecule is O=C(NC[C@H]1Cc2cc(-c3cccnc3)cc(F)c2O1)c1ccc2ccccc2c1. The van der Waals surface area contributed by atoms with E-state index >= 15 is 0 Å². The molecular weight excluding hydrogens is 379 g/mol. The predicted molar refractivity (Wildman–Crippen MR) is 114 cm³/mol. The molecule has 2 heterocycles. The van der Waals surface area contributed by atoms with Crippen molar-refractivity contribution in [3.05, 3.63) is 96.1 Å². The van der Waals surface area contributed by atoms with E-state index in [1.54, 1.807) is 12.4 Å². The Morgan fingerprint density at radius 3 is 2.73 bits per heavy atom. The lowest BCUT2D eigenvalue weighted by Gasteiger charge is -2.12. The second kappa shape index (κ2) is 7.59. The Morgan fingerprint density at radius 2 is 1.90 bits per heavy atom. The van der Waals surface area contributed by atoms with Crippen molar-refractivity contribution in [3.63, 3.8) is 0 Å². The van der Waals surface area contributed by atoms with Gasteiger partial charge in [0.1, 0.15) is 6.10 Å². The van der Waals surface area contributed by atoms with Crippen LogP contribution in [0.2, 0.25) is 0 Å². The fraction of sp³-hybridized carbons (Fsp3) is 0.120. The quantitative estimate of drug-likeness (QED) is 0.539. The average molecular weight is 398 g/mol. The minimum Gasteiger partial charge on any atom is -0.485 e. The summed E-state index contributed by atoms with van der Waals surface area (Å²) in [5.41, 5.74) is 3.02. The molecule has 0 saturated heterocycles. The highest BCUT2D eigenvalue weighted by Crippen LogP contribution is 2.35. The van der Waals surface area contributed by atoms with Crippen molar-refractivity contribution in [2.24, 2.45) is 0 Å². The minimum atomic E-state index is -0.394. The van der Waals surface area contributed by atoms with E-state index in [4.69, 9.17) is 4.74 Å². The van der Waals surface area contributed by atoms with Gasteiger partial charge in [-0.2, -0.15) is 0 Å². The van der Waals surface area contributed by atoms with E-state index in [0.29, 0.717) is 18.5 Å². The minimum absolute atomic E-state index is 0.170. The number of nitrogens with zero attached hydrogens (tertiary/aromatic N) is 1. The average Bonchev–Trinajstić information content (AvgIpc) is 3.21. The smallest absolute Gasteiger partial charge is 0.251 e. The first-order valence-electron chi connectivity index (χ1n) is 9.84. The van der Waals surface area contributed by atoms with Crippen molar-refractivity contribution < 1.29 is 13.9 Å². The van der Waals surface area contributed by atoms with Gasteiger partial charge in [0, 0.05) is 35.5 Å². The fourth-order valence-corrected chi connectivity index (χ4v) is 3.84. The van der Waals surface area contributed by atoms with Crippen LogP contribution in [0.25, 0.3) is 21.9 Å². The van der Waals surface area contributed by atoms with Crippen molar-refractivity contribution >= 4 is 16.7 Å². The number of hydrogen-bond acceptors (Lipinski definition) is 3. The normalized spacial score (nSPS) is 14.9. The van der Waals surface area contributed by atoms with Gasteiger partial charge in [0.05, 0.1) is 6.54 Å². The van der Waals surface area contributed by atoms with Gasteiger partial charge in [-0.1, -0.05) is 36.4 Å². The molecule has 1 N–H and O–H groups in total. The van der Waals surface area contributed by atoms with E-state index in [1.807, 2.05) is 60.7 Å². The molecule has 0 saturated carbocycles. The maximum absolute atomic E-state index is 14.6. The number of pyridine rings is 1. The molecule has 0 spiro atoms. The molecule has 5 heteroatoms. The molecule has 4 nitrogen and oxygen atoms in total. The summed E-state index contributed by atoms with van der Waals surface area (Å²) in [6.07, 6.45) is 3.63. The lowest BCUT2D eigenvalue weighted by atomic mass is 10.0. The van der Waals surface area contributed by atoms with E-state index in [-0.39, 0.29) is 17.8 Å². The van der Waals surface area contributed by atoms with Gasteiger partial charge in [-0.15, -0.1) is 0 Å². The maximum Gasteiger partial charge on any atom is 0.251 e. The summed E-state index contributed by atoms with van der Waals surface area (Å²) in [6.45, 7) is 0.308. The van der Waals surface area contributed by atoms with E-state index in [0.717, 1.165) is 27.5 Å². The molecule has 30 heavy (non-hydrogen) atoms. The van der Waals surface area contributed by atoms with Crippen LogP contribution in [0.5, 0.6) is 5.75 Å². The Kier molecular flexibility index (Phi) is 4.64. The van der Waals surface area contributed by atoms with Gasteiger partial charge in [-0.05, 0) is 46.7 Å². The molecule has 0 bridgehead atoms. The molecule has 1 aliphatic rings. The lowest BCUT2D eigenvalue weighted by Crippen LogP contribution is -2.34. The summed E-state index contributed by atoms with van der Waals surface area (Å²) in [4.78, 5) is 16.7. The van der Waals surface area contributed by atoms with Crippen molar-refractivity contribution in [2.75, 3.05) is 6.54 Å². The topological polar surface area (TPSA) is 51.2 Å². The zero-order chi connectivity index (χ0) is 20.5. The zero-order valence-corrected chi connectivity index (χ0v) is 16.1. The van der Waals surface area contributed by atoms with Crippen molar-refractivity contribution in [1.29, 1.82) is 0 Å². The van der Waals surface area contributed by atoms with Crippen LogP contribution < -0.4 is 10.1 Å². The van der Waals surface area contributed by atoms with Crippen LogP contribution in [-0.2, 0) is 6.42 Å². The summed E-state index contributed by atoms with van der Waals surface area (Å²) in [7, 11) is 0. The summed E-state index contributed by atoms with van der Waals surface area (Å²) in [5.74, 6) is -0.292. The molecule has 1 aromatic heterocycles. The summed E-state index contributed by atoms with van der Waals surface area (Å²) >= 11 is 0. The summed E-state index contributed by atoms with van der Waals surface area (Å²) in [6, 6.07) is 20.6. The Balaban J connectivity index is 1.28. The third kappa shape index (κ3) is 3.50. The number of ether oxygens (including phenoxy) is 1. The molecule has 1 amide bonds. The molecular formula is C25H19FN2O2. The Bertz CT molecular complexity index is 1240. The predicted octanol–water partition coefficient (Wildman–Crippen LogP) is 4.77. The first-order valence-corrected chi connectivity index (χ1v) is 9.84. The zero-order valence-electron chi connectivity index (χ0n) is 16.1. The van der Waals surface area contributed by atoms with Crippen LogP contribution in [0.15, 0.2) is 79.1 Å². The molecule has 0 aliphatic carbocycles. The second-order valence-corrected chi connectivity index (χ2v) is 7.40. The number of nitrogens with one attached hydrogen (secondary N) is 1. The van der Waals surface area contributed by atoms with Gasteiger partial charge < -0.3 is 10.1 Å². The molecule has 0 fully saturated rings. The molecule has 148 valence electrons. The maximum atomic E-state index is 14.6. The first kappa shape index (κ1) is 18.3. The van der Waals surface area contributed by atoms with Gasteiger partial charge in [0.15, 0.2) is 11.6 Å².